The van der Waals surface area contributed by atoms with Crippen molar-refractivity contribution in [3.05, 3.63) is 43.8 Å². The predicted molar refractivity (Wildman–Crippen MR) is 86.9 cm³/mol. The van der Waals surface area contributed by atoms with Gasteiger partial charge in [0.15, 0.2) is 5.65 Å². The molecular weight excluding hydrogens is 390 g/mol. The Bertz CT molecular complexity index is 943. The first-order chi connectivity index (χ1) is 10.9. The van der Waals surface area contributed by atoms with Crippen molar-refractivity contribution in [3.63, 3.8) is 0 Å². The summed E-state index contributed by atoms with van der Waals surface area (Å²) in [6, 6.07) is 2.75. The van der Waals surface area contributed by atoms with Crippen LogP contribution in [0.15, 0.2) is 23.1 Å². The molecule has 2 aromatic heterocycles. The summed E-state index contributed by atoms with van der Waals surface area (Å²) in [5.41, 5.74) is 0.984. The third-order valence-corrected chi connectivity index (χ3v) is 4.05. The van der Waals surface area contributed by atoms with Crippen LogP contribution in [0, 0.1) is 17.0 Å². The summed E-state index contributed by atoms with van der Waals surface area (Å²) in [6.07, 6.45) is 1.34. The number of ether oxygens (including phenoxy) is 1. The molecule has 0 aliphatic heterocycles. The molecule has 0 fully saturated rings. The summed E-state index contributed by atoms with van der Waals surface area (Å²) >= 11 is 9.21. The average Bonchev–Trinajstić information content (AvgIpc) is 2.77. The summed E-state index contributed by atoms with van der Waals surface area (Å²) in [5.74, 6) is 0.534. The van der Waals surface area contributed by atoms with Crippen LogP contribution in [-0.4, -0.2) is 24.7 Å². The highest BCUT2D eigenvalue weighted by molar-refractivity contribution is 9.10. The minimum atomic E-state index is -0.565. The van der Waals surface area contributed by atoms with Crippen LogP contribution in [0.3, 0.4) is 0 Å². The van der Waals surface area contributed by atoms with Crippen LogP contribution in [0.25, 0.3) is 11.0 Å². The minimum Gasteiger partial charge on any atom is -0.438 e. The molecule has 3 aromatic rings. The van der Waals surface area contributed by atoms with Gasteiger partial charge in [-0.05, 0) is 34.5 Å². The number of nitro groups is 1. The fourth-order valence-electron chi connectivity index (χ4n) is 2.09. The summed E-state index contributed by atoms with van der Waals surface area (Å²) in [5, 5.41) is 15.9. The van der Waals surface area contributed by atoms with Crippen molar-refractivity contribution in [2.75, 3.05) is 0 Å². The first-order valence-corrected chi connectivity index (χ1v) is 7.51. The van der Waals surface area contributed by atoms with E-state index in [4.69, 9.17) is 16.3 Å². The molecule has 0 aliphatic rings. The molecule has 0 atom stereocenters. The second-order valence-electron chi connectivity index (χ2n) is 4.72. The van der Waals surface area contributed by atoms with Crippen molar-refractivity contribution < 1.29 is 9.66 Å². The molecule has 2 heterocycles. The fraction of sp³-hybridized carbons (Fsp3) is 0.154. The van der Waals surface area contributed by atoms with Gasteiger partial charge in [0.2, 0.25) is 5.88 Å². The van der Waals surface area contributed by atoms with E-state index in [1.54, 1.807) is 18.7 Å². The Hall–Kier alpha value is -2.26. The van der Waals surface area contributed by atoms with E-state index in [0.717, 1.165) is 0 Å². The van der Waals surface area contributed by atoms with Gasteiger partial charge in [0.05, 0.1) is 11.0 Å². The Labute approximate surface area is 143 Å². The van der Waals surface area contributed by atoms with E-state index in [1.165, 1.54) is 18.5 Å². The normalized spacial score (nSPS) is 11.0. The van der Waals surface area contributed by atoms with E-state index < -0.39 is 4.92 Å². The van der Waals surface area contributed by atoms with Gasteiger partial charge in [-0.2, -0.15) is 5.10 Å². The molecule has 0 bridgehead atoms. The fourth-order valence-corrected chi connectivity index (χ4v) is 2.96. The Morgan fingerprint density at radius 3 is 2.83 bits per heavy atom. The lowest BCUT2D eigenvalue weighted by Crippen LogP contribution is -1.96. The predicted octanol–water partition coefficient (Wildman–Crippen LogP) is 3.79. The lowest BCUT2D eigenvalue weighted by Gasteiger charge is -2.09. The highest BCUT2D eigenvalue weighted by Crippen LogP contribution is 2.37. The molecule has 0 radical (unpaired) electrons. The standard InChI is InChI=1S/C13H9BrClN5O3/c1-6-3-7(15)8(20(21)22)4-9(6)23-13-10-11(14)18-19(2)12(10)16-5-17-13/h3-5H,1-2H3. The number of fused-ring (bicyclic) bond motifs is 1. The summed E-state index contributed by atoms with van der Waals surface area (Å²) in [4.78, 5) is 18.7. The highest BCUT2D eigenvalue weighted by Gasteiger charge is 2.19. The first kappa shape index (κ1) is 15.6. The van der Waals surface area contributed by atoms with Gasteiger partial charge in [0, 0.05) is 7.05 Å². The molecule has 0 N–H and O–H groups in total. The van der Waals surface area contributed by atoms with Crippen LogP contribution in [0.2, 0.25) is 5.02 Å². The molecule has 23 heavy (non-hydrogen) atoms. The van der Waals surface area contributed by atoms with E-state index in [0.29, 0.717) is 21.2 Å². The van der Waals surface area contributed by atoms with Crippen LogP contribution in [0.4, 0.5) is 5.69 Å². The zero-order valence-corrected chi connectivity index (χ0v) is 14.3. The Morgan fingerprint density at radius 2 is 2.13 bits per heavy atom. The number of hydrogen-bond donors (Lipinski definition) is 0. The van der Waals surface area contributed by atoms with Gasteiger partial charge in [-0.1, -0.05) is 11.6 Å². The van der Waals surface area contributed by atoms with Gasteiger partial charge < -0.3 is 4.74 Å². The third-order valence-electron chi connectivity index (χ3n) is 3.19. The first-order valence-electron chi connectivity index (χ1n) is 6.34. The maximum absolute atomic E-state index is 11.0. The molecule has 0 spiro atoms. The Balaban J connectivity index is 2.13. The van der Waals surface area contributed by atoms with Gasteiger partial charge in [-0.15, -0.1) is 0 Å². The molecule has 0 amide bonds. The molecular formula is C13H9BrClN5O3. The number of aromatic nitrogens is 4. The molecule has 0 saturated heterocycles. The quantitative estimate of drug-likeness (QED) is 0.492. The van der Waals surface area contributed by atoms with Crippen molar-refractivity contribution in [2.24, 2.45) is 7.05 Å². The summed E-state index contributed by atoms with van der Waals surface area (Å²) in [6.45, 7) is 1.74. The van der Waals surface area contributed by atoms with E-state index >= 15 is 0 Å². The summed E-state index contributed by atoms with van der Waals surface area (Å²) < 4.78 is 7.86. The minimum absolute atomic E-state index is 0.0512. The Kier molecular flexibility index (Phi) is 3.90. The van der Waals surface area contributed by atoms with Crippen LogP contribution >= 0.6 is 27.5 Å². The van der Waals surface area contributed by atoms with Gasteiger partial charge in [-0.25, -0.2) is 14.6 Å². The van der Waals surface area contributed by atoms with E-state index in [-0.39, 0.29) is 22.3 Å². The van der Waals surface area contributed by atoms with Gasteiger partial charge >= 0.3 is 0 Å². The zero-order valence-electron chi connectivity index (χ0n) is 11.9. The topological polar surface area (TPSA) is 96.0 Å². The maximum Gasteiger partial charge on any atom is 0.291 e. The molecule has 1 aromatic carbocycles. The number of rotatable bonds is 3. The second kappa shape index (κ2) is 5.74. The number of nitrogens with zero attached hydrogens (tertiary/aromatic N) is 5. The second-order valence-corrected chi connectivity index (χ2v) is 5.88. The van der Waals surface area contributed by atoms with Crippen LogP contribution in [0.5, 0.6) is 11.6 Å². The van der Waals surface area contributed by atoms with Gasteiger partial charge in [0.25, 0.3) is 5.69 Å². The molecule has 8 nitrogen and oxygen atoms in total. The zero-order chi connectivity index (χ0) is 16.7. The van der Waals surface area contributed by atoms with Crippen molar-refractivity contribution >= 4 is 44.3 Å². The third kappa shape index (κ3) is 2.73. The van der Waals surface area contributed by atoms with E-state index in [9.17, 15) is 10.1 Å². The SMILES string of the molecule is Cc1cc(Cl)c([N+](=O)[O-])cc1Oc1ncnc2c1c(Br)nn2C. The maximum atomic E-state index is 11.0. The molecule has 0 saturated carbocycles. The summed E-state index contributed by atoms with van der Waals surface area (Å²) in [7, 11) is 1.74. The molecule has 118 valence electrons. The van der Waals surface area contributed by atoms with E-state index in [2.05, 4.69) is 31.0 Å². The van der Waals surface area contributed by atoms with E-state index in [1.807, 2.05) is 0 Å². The molecule has 10 heteroatoms. The highest BCUT2D eigenvalue weighted by atomic mass is 79.9. The number of hydrogen-bond acceptors (Lipinski definition) is 6. The molecule has 0 aliphatic carbocycles. The van der Waals surface area contributed by atoms with Gasteiger partial charge in [0.1, 0.15) is 27.1 Å². The van der Waals surface area contributed by atoms with Crippen LogP contribution in [0.1, 0.15) is 5.56 Å². The van der Waals surface area contributed by atoms with Crippen molar-refractivity contribution in [2.45, 2.75) is 6.92 Å². The van der Waals surface area contributed by atoms with Gasteiger partial charge in [-0.3, -0.25) is 10.1 Å². The smallest absolute Gasteiger partial charge is 0.291 e. The largest absolute Gasteiger partial charge is 0.438 e. The Morgan fingerprint density at radius 1 is 1.39 bits per heavy atom. The van der Waals surface area contributed by atoms with Crippen LogP contribution < -0.4 is 4.74 Å². The van der Waals surface area contributed by atoms with Crippen molar-refractivity contribution in [3.8, 4) is 11.6 Å². The average molecular weight is 399 g/mol. The van der Waals surface area contributed by atoms with Crippen molar-refractivity contribution in [1.82, 2.24) is 19.7 Å². The number of nitro benzene ring substituents is 1. The van der Waals surface area contributed by atoms with Crippen LogP contribution in [-0.2, 0) is 7.05 Å². The molecule has 3 rings (SSSR count). The number of halogens is 2. The van der Waals surface area contributed by atoms with Crippen molar-refractivity contribution in [1.29, 1.82) is 0 Å². The lowest BCUT2D eigenvalue weighted by atomic mass is 10.2. The number of aryl methyl sites for hydroxylation is 2. The number of benzene rings is 1. The molecule has 0 unspecified atom stereocenters. The lowest BCUT2D eigenvalue weighted by molar-refractivity contribution is -0.384. The monoisotopic (exact) mass is 397 g/mol.